The normalized spacial score (nSPS) is 18.5. The second-order valence-corrected chi connectivity index (χ2v) is 7.47. The number of aldehydes is 1. The summed E-state index contributed by atoms with van der Waals surface area (Å²) in [5, 5.41) is 3.19. The molecule has 28 heavy (non-hydrogen) atoms. The smallest absolute Gasteiger partial charge is 0.142 e. The molecule has 0 heterocycles. The maximum Gasteiger partial charge on any atom is 0.142 e. The summed E-state index contributed by atoms with van der Waals surface area (Å²) < 4.78 is 12.5. The molecule has 0 amide bonds. The number of hydrogen-bond donors (Lipinski definition) is 1. The largest absolute Gasteiger partial charge is 0.388 e. The van der Waals surface area contributed by atoms with E-state index in [0.717, 1.165) is 12.1 Å². The summed E-state index contributed by atoms with van der Waals surface area (Å²) in [6.07, 6.45) is 7.37. The third-order valence-corrected chi connectivity index (χ3v) is 5.67. The van der Waals surface area contributed by atoms with Crippen LogP contribution in [0, 0.1) is 12.8 Å². The van der Waals surface area contributed by atoms with E-state index in [1.807, 2.05) is 7.05 Å². The van der Waals surface area contributed by atoms with Gasteiger partial charge in [0.05, 0.1) is 6.67 Å². The fourth-order valence-corrected chi connectivity index (χ4v) is 4.02. The second-order valence-electron chi connectivity index (χ2n) is 7.47. The molecule has 0 saturated heterocycles. The van der Waals surface area contributed by atoms with Gasteiger partial charge in [0.1, 0.15) is 6.29 Å². The zero-order valence-corrected chi connectivity index (χ0v) is 17.1. The Morgan fingerprint density at radius 1 is 1.11 bits per heavy atom. The van der Waals surface area contributed by atoms with E-state index < -0.39 is 0 Å². The lowest BCUT2D eigenvalue weighted by Gasteiger charge is -2.28. The minimum atomic E-state index is -0.157. The average molecular weight is 382 g/mol. The Bertz CT molecular complexity index is 740. The Morgan fingerprint density at radius 3 is 2.25 bits per heavy atom. The van der Waals surface area contributed by atoms with Gasteiger partial charge in [-0.05, 0) is 91.3 Å². The van der Waals surface area contributed by atoms with Crippen LogP contribution in [0.3, 0.4) is 0 Å². The number of halogens is 1. The molecule has 1 saturated carbocycles. The summed E-state index contributed by atoms with van der Waals surface area (Å²) in [5.41, 5.74) is 6.47. The van der Waals surface area contributed by atoms with Crippen LogP contribution in [-0.2, 0) is 4.79 Å². The van der Waals surface area contributed by atoms with E-state index in [-0.39, 0.29) is 6.67 Å². The summed E-state index contributed by atoms with van der Waals surface area (Å²) in [6, 6.07) is 15.6. The Labute approximate surface area is 168 Å². The van der Waals surface area contributed by atoms with Crippen LogP contribution >= 0.6 is 0 Å². The first-order valence-corrected chi connectivity index (χ1v) is 10.1. The topological polar surface area (TPSA) is 29.1 Å². The number of allylic oxidation sites excluding steroid dienone is 1. The van der Waals surface area contributed by atoms with E-state index >= 15 is 0 Å². The number of anilines is 1. The first-order chi connectivity index (χ1) is 13.6. The molecule has 2 aromatic rings. The van der Waals surface area contributed by atoms with E-state index in [1.54, 1.807) is 0 Å². The Hall–Kier alpha value is -2.42. The van der Waals surface area contributed by atoms with Crippen molar-refractivity contribution in [2.75, 3.05) is 19.0 Å². The van der Waals surface area contributed by atoms with E-state index in [2.05, 4.69) is 61.3 Å². The van der Waals surface area contributed by atoms with Crippen LogP contribution in [0.15, 0.2) is 55.1 Å². The second kappa shape index (κ2) is 11.4. The van der Waals surface area contributed by atoms with E-state index in [0.29, 0.717) is 18.1 Å². The number of hydrogen-bond acceptors (Lipinski definition) is 2. The van der Waals surface area contributed by atoms with Crippen LogP contribution < -0.4 is 5.32 Å². The fraction of sp³-hybridized carbons (Fsp3) is 0.400. The molecular formula is C25H32FNO. The van der Waals surface area contributed by atoms with Crippen molar-refractivity contribution < 1.29 is 9.18 Å². The highest BCUT2D eigenvalue weighted by molar-refractivity contribution is 5.70. The number of alkyl halides is 1. The molecule has 0 spiro atoms. The van der Waals surface area contributed by atoms with Crippen molar-refractivity contribution >= 4 is 12.0 Å². The van der Waals surface area contributed by atoms with Crippen LogP contribution in [-0.4, -0.2) is 20.0 Å². The van der Waals surface area contributed by atoms with Crippen molar-refractivity contribution in [3.8, 4) is 11.1 Å². The van der Waals surface area contributed by atoms with Crippen LogP contribution in [0.1, 0.15) is 49.1 Å². The van der Waals surface area contributed by atoms with Gasteiger partial charge in [-0.15, -0.1) is 0 Å². The van der Waals surface area contributed by atoms with Gasteiger partial charge in [-0.1, -0.05) is 36.9 Å². The quantitative estimate of drug-likeness (QED) is 0.445. The summed E-state index contributed by atoms with van der Waals surface area (Å²) in [6.45, 7) is 5.12. The summed E-state index contributed by atoms with van der Waals surface area (Å²) in [5.74, 6) is 1.27. The first-order valence-electron chi connectivity index (χ1n) is 10.1. The monoisotopic (exact) mass is 381 g/mol. The number of carbonyl (C=O) groups excluding carboxylic acids is 1. The van der Waals surface area contributed by atoms with Crippen molar-refractivity contribution in [2.24, 2.45) is 5.92 Å². The Morgan fingerprint density at radius 2 is 1.75 bits per heavy atom. The molecule has 0 aromatic heterocycles. The number of carbonyl (C=O) groups is 1. The lowest BCUT2D eigenvalue weighted by molar-refractivity contribution is -0.104. The van der Waals surface area contributed by atoms with Gasteiger partial charge in [-0.25, -0.2) is 0 Å². The molecule has 1 N–H and O–H groups in total. The molecule has 1 aliphatic rings. The Kier molecular flexibility index (Phi) is 8.93. The third-order valence-electron chi connectivity index (χ3n) is 5.67. The van der Waals surface area contributed by atoms with Crippen LogP contribution in [0.5, 0.6) is 0 Å². The third kappa shape index (κ3) is 6.05. The molecule has 0 radical (unpaired) electrons. The maximum atomic E-state index is 12.5. The molecule has 2 aromatic carbocycles. The molecule has 0 unspecified atom stereocenters. The molecule has 3 heteroatoms. The lowest BCUT2D eigenvalue weighted by atomic mass is 9.77. The van der Waals surface area contributed by atoms with Crippen molar-refractivity contribution in [1.29, 1.82) is 0 Å². The van der Waals surface area contributed by atoms with Crippen molar-refractivity contribution in [1.82, 2.24) is 0 Å². The van der Waals surface area contributed by atoms with Gasteiger partial charge in [-0.2, -0.15) is 0 Å². The molecule has 0 bridgehead atoms. The van der Waals surface area contributed by atoms with Gasteiger partial charge in [-0.3, -0.25) is 9.18 Å². The van der Waals surface area contributed by atoms with Crippen LogP contribution in [0.25, 0.3) is 11.1 Å². The molecule has 150 valence electrons. The van der Waals surface area contributed by atoms with Gasteiger partial charge < -0.3 is 5.32 Å². The standard InChI is InChI=1S/C22H28FN.C3H4O/c1-16-15-21(24-2)11-12-22(16)20-9-7-19(8-10-20)18-5-3-17(4-6-18)13-14-23;1-2-3-4/h7-12,15,17-18,24H,3-6,13-14H2,1-2H3;2-3H,1H2. The highest BCUT2D eigenvalue weighted by atomic mass is 19.1. The van der Waals surface area contributed by atoms with Crippen molar-refractivity contribution in [3.05, 3.63) is 66.2 Å². The maximum absolute atomic E-state index is 12.5. The van der Waals surface area contributed by atoms with Crippen LogP contribution in [0.4, 0.5) is 10.1 Å². The molecule has 3 rings (SSSR count). The highest BCUT2D eigenvalue weighted by Crippen LogP contribution is 2.37. The van der Waals surface area contributed by atoms with Crippen molar-refractivity contribution in [3.63, 3.8) is 0 Å². The molecule has 1 aliphatic carbocycles. The Balaban J connectivity index is 0.000000640. The van der Waals surface area contributed by atoms with Gasteiger partial charge in [0.2, 0.25) is 0 Å². The van der Waals surface area contributed by atoms with E-state index in [4.69, 9.17) is 4.79 Å². The average Bonchev–Trinajstić information content (AvgIpc) is 2.75. The fourth-order valence-electron chi connectivity index (χ4n) is 4.02. The number of nitrogens with one attached hydrogen (secondary N) is 1. The highest BCUT2D eigenvalue weighted by Gasteiger charge is 2.22. The minimum absolute atomic E-state index is 0.157. The molecular weight excluding hydrogens is 349 g/mol. The van der Waals surface area contributed by atoms with Gasteiger partial charge in [0.25, 0.3) is 0 Å². The molecule has 0 aliphatic heterocycles. The SMILES string of the molecule is C=CC=O.CNc1ccc(-c2ccc(C3CCC(CCF)CC3)cc2)c(C)c1. The minimum Gasteiger partial charge on any atom is -0.388 e. The predicted octanol–water partition coefficient (Wildman–Crippen LogP) is 6.71. The van der Waals surface area contributed by atoms with Gasteiger partial charge in [0, 0.05) is 12.7 Å². The van der Waals surface area contributed by atoms with E-state index in [1.165, 1.54) is 54.0 Å². The van der Waals surface area contributed by atoms with Crippen molar-refractivity contribution in [2.45, 2.75) is 44.9 Å². The summed E-state index contributed by atoms with van der Waals surface area (Å²) >= 11 is 0. The van der Waals surface area contributed by atoms with Gasteiger partial charge in [0.15, 0.2) is 0 Å². The zero-order valence-electron chi connectivity index (χ0n) is 17.1. The number of rotatable bonds is 6. The van der Waals surface area contributed by atoms with Crippen LogP contribution in [0.2, 0.25) is 0 Å². The predicted molar refractivity (Wildman–Crippen MR) is 118 cm³/mol. The summed E-state index contributed by atoms with van der Waals surface area (Å²) in [7, 11) is 1.95. The number of benzene rings is 2. The van der Waals surface area contributed by atoms with E-state index in [9.17, 15) is 4.39 Å². The summed E-state index contributed by atoms with van der Waals surface area (Å²) in [4.78, 5) is 9.06. The zero-order chi connectivity index (χ0) is 20.4. The lowest BCUT2D eigenvalue weighted by Crippen LogP contribution is -2.13. The van der Waals surface area contributed by atoms with Gasteiger partial charge >= 0.3 is 0 Å². The number of aryl methyl sites for hydroxylation is 1. The molecule has 1 fully saturated rings. The molecule has 2 nitrogen and oxygen atoms in total. The molecule has 0 atom stereocenters. The first kappa shape index (κ1) is 21.9.